The molecule has 37 heavy (non-hydrogen) atoms. The Labute approximate surface area is 210 Å². The average Bonchev–Trinajstić information content (AvgIpc) is 3.38. The van der Waals surface area contributed by atoms with E-state index in [1.807, 2.05) is 0 Å². The van der Waals surface area contributed by atoms with Crippen molar-refractivity contribution in [1.82, 2.24) is 15.6 Å². The Bertz CT molecular complexity index is 1240. The first kappa shape index (κ1) is 26.0. The van der Waals surface area contributed by atoms with Gasteiger partial charge < -0.3 is 24.8 Å². The van der Waals surface area contributed by atoms with E-state index in [4.69, 9.17) is 14.2 Å². The van der Waals surface area contributed by atoms with E-state index in [9.17, 15) is 22.8 Å². The minimum Gasteiger partial charge on any atom is -0.497 e. The summed E-state index contributed by atoms with van der Waals surface area (Å²) in [5.41, 5.74) is -1.18. The molecule has 2 amide bonds. The molecule has 4 rings (SSSR count). The van der Waals surface area contributed by atoms with Crippen molar-refractivity contribution < 1.29 is 37.0 Å². The Morgan fingerprint density at radius 2 is 1.86 bits per heavy atom. The third-order valence-electron chi connectivity index (χ3n) is 5.83. The van der Waals surface area contributed by atoms with Crippen molar-refractivity contribution in [3.63, 3.8) is 0 Å². The highest BCUT2D eigenvalue weighted by Gasteiger charge is 2.43. The maximum absolute atomic E-state index is 13.4. The number of carbonyl (C=O) groups is 2. The van der Waals surface area contributed by atoms with Gasteiger partial charge in [-0.2, -0.15) is 13.2 Å². The van der Waals surface area contributed by atoms with Gasteiger partial charge in [0.25, 0.3) is 5.91 Å². The quantitative estimate of drug-likeness (QED) is 0.469. The van der Waals surface area contributed by atoms with Crippen molar-refractivity contribution in [2.45, 2.75) is 24.7 Å². The van der Waals surface area contributed by atoms with Crippen LogP contribution in [0.25, 0.3) is 0 Å². The molecular formula is C26H24F3N3O5. The van der Waals surface area contributed by atoms with Crippen LogP contribution in [-0.2, 0) is 22.3 Å². The first-order valence-corrected chi connectivity index (χ1v) is 11.3. The first-order chi connectivity index (χ1) is 17.7. The van der Waals surface area contributed by atoms with Crippen LogP contribution in [0.3, 0.4) is 0 Å². The lowest BCUT2D eigenvalue weighted by Crippen LogP contribution is -2.59. The number of aromatic nitrogens is 1. The molecule has 0 radical (unpaired) electrons. The van der Waals surface area contributed by atoms with Crippen LogP contribution in [0.2, 0.25) is 0 Å². The van der Waals surface area contributed by atoms with Crippen LogP contribution in [-0.4, -0.2) is 42.7 Å². The highest BCUT2D eigenvalue weighted by molar-refractivity contribution is 5.99. The van der Waals surface area contributed by atoms with Crippen molar-refractivity contribution in [3.05, 3.63) is 83.7 Å². The Hall–Kier alpha value is -4.12. The number of halogens is 3. The molecule has 1 aromatic heterocycles. The molecule has 194 valence electrons. The smallest absolute Gasteiger partial charge is 0.420 e. The number of hydrogen-bond acceptors (Lipinski definition) is 6. The summed E-state index contributed by atoms with van der Waals surface area (Å²) in [6.07, 6.45) is -1.37. The SMILES string of the molecule is COc1ccc(Oc2ccc(CNC(=O)C3(NC(=O)c4cccnc4)CCOC3)cc2)c(C(F)(F)F)c1. The van der Waals surface area contributed by atoms with E-state index >= 15 is 0 Å². The largest absolute Gasteiger partial charge is 0.497 e. The Balaban J connectivity index is 1.40. The van der Waals surface area contributed by atoms with Gasteiger partial charge in [-0.05, 0) is 48.0 Å². The highest BCUT2D eigenvalue weighted by atomic mass is 19.4. The van der Waals surface area contributed by atoms with Gasteiger partial charge in [0.05, 0.1) is 19.3 Å². The minimum atomic E-state index is -4.62. The second kappa shape index (κ2) is 10.9. The predicted molar refractivity (Wildman–Crippen MR) is 126 cm³/mol. The van der Waals surface area contributed by atoms with Crippen molar-refractivity contribution in [2.24, 2.45) is 0 Å². The number of hydrogen-bond donors (Lipinski definition) is 2. The molecule has 0 saturated carbocycles. The van der Waals surface area contributed by atoms with Gasteiger partial charge in [0.2, 0.25) is 5.91 Å². The zero-order valence-corrected chi connectivity index (χ0v) is 19.8. The maximum atomic E-state index is 13.4. The van der Waals surface area contributed by atoms with Crippen molar-refractivity contribution in [3.8, 4) is 17.2 Å². The van der Waals surface area contributed by atoms with E-state index in [-0.39, 0.29) is 30.4 Å². The number of nitrogens with one attached hydrogen (secondary N) is 2. The standard InChI is InChI=1S/C26H24F3N3O5/c1-35-20-8-9-22(21(13-20)26(27,28)29)37-19-6-4-17(5-7-19)14-31-24(34)25(10-12-36-16-25)32-23(33)18-3-2-11-30-15-18/h2-9,11,13,15H,10,12,14,16H2,1H3,(H,31,34)(H,32,33). The van der Waals surface area contributed by atoms with Gasteiger partial charge >= 0.3 is 6.18 Å². The normalized spacial score (nSPS) is 17.2. The molecular weight excluding hydrogens is 491 g/mol. The van der Waals surface area contributed by atoms with E-state index in [2.05, 4.69) is 15.6 Å². The van der Waals surface area contributed by atoms with Crippen LogP contribution in [0.4, 0.5) is 13.2 Å². The lowest BCUT2D eigenvalue weighted by molar-refractivity contribution is -0.138. The predicted octanol–water partition coefficient (Wildman–Crippen LogP) is 4.11. The number of pyridine rings is 1. The molecule has 1 atom stereocenters. The second-order valence-electron chi connectivity index (χ2n) is 8.37. The summed E-state index contributed by atoms with van der Waals surface area (Å²) in [4.78, 5) is 29.6. The number of nitrogens with zero attached hydrogens (tertiary/aromatic N) is 1. The lowest BCUT2D eigenvalue weighted by Gasteiger charge is -2.27. The molecule has 11 heteroatoms. The third kappa shape index (κ3) is 6.18. The second-order valence-corrected chi connectivity index (χ2v) is 8.37. The molecule has 1 fully saturated rings. The zero-order valence-electron chi connectivity index (χ0n) is 19.8. The topological polar surface area (TPSA) is 98.8 Å². The van der Waals surface area contributed by atoms with Crippen LogP contribution in [0.15, 0.2) is 67.0 Å². The van der Waals surface area contributed by atoms with Crippen LogP contribution in [0.5, 0.6) is 17.2 Å². The van der Waals surface area contributed by atoms with E-state index in [0.717, 1.165) is 6.07 Å². The fourth-order valence-electron chi connectivity index (χ4n) is 3.79. The van der Waals surface area contributed by atoms with Gasteiger partial charge in [-0.3, -0.25) is 14.6 Å². The summed E-state index contributed by atoms with van der Waals surface area (Å²) in [6, 6.07) is 12.9. The third-order valence-corrected chi connectivity index (χ3v) is 5.83. The summed E-state index contributed by atoms with van der Waals surface area (Å²) in [5, 5.41) is 5.57. The molecule has 0 aliphatic carbocycles. The molecule has 1 unspecified atom stereocenters. The number of carbonyl (C=O) groups excluding carboxylic acids is 2. The summed E-state index contributed by atoms with van der Waals surface area (Å²) < 4.78 is 56.0. The van der Waals surface area contributed by atoms with Crippen molar-refractivity contribution in [2.75, 3.05) is 20.3 Å². The highest BCUT2D eigenvalue weighted by Crippen LogP contribution is 2.40. The summed E-state index contributed by atoms with van der Waals surface area (Å²) in [5.74, 6) is -0.951. The number of ether oxygens (including phenoxy) is 3. The van der Waals surface area contributed by atoms with Crippen LogP contribution in [0, 0.1) is 0 Å². The fourth-order valence-corrected chi connectivity index (χ4v) is 3.79. The van der Waals surface area contributed by atoms with Crippen LogP contribution in [0.1, 0.15) is 27.9 Å². The number of rotatable bonds is 8. The van der Waals surface area contributed by atoms with Crippen LogP contribution >= 0.6 is 0 Å². The Morgan fingerprint density at radius 3 is 2.49 bits per heavy atom. The Morgan fingerprint density at radius 1 is 1.11 bits per heavy atom. The zero-order chi connectivity index (χ0) is 26.5. The molecule has 8 nitrogen and oxygen atoms in total. The van der Waals surface area contributed by atoms with Gasteiger partial charge in [-0.25, -0.2) is 0 Å². The molecule has 2 heterocycles. The molecule has 1 saturated heterocycles. The van der Waals surface area contributed by atoms with Crippen LogP contribution < -0.4 is 20.1 Å². The molecule has 2 N–H and O–H groups in total. The molecule has 0 bridgehead atoms. The summed E-state index contributed by atoms with van der Waals surface area (Å²) in [7, 11) is 1.28. The molecule has 2 aromatic carbocycles. The van der Waals surface area contributed by atoms with Gasteiger partial charge in [0, 0.05) is 32.0 Å². The van der Waals surface area contributed by atoms with E-state index in [1.54, 1.807) is 30.5 Å². The van der Waals surface area contributed by atoms with Gasteiger partial charge in [-0.1, -0.05) is 12.1 Å². The molecule has 1 aliphatic rings. The summed E-state index contributed by atoms with van der Waals surface area (Å²) in [6.45, 7) is 0.471. The average molecular weight is 515 g/mol. The monoisotopic (exact) mass is 515 g/mol. The molecule has 0 spiro atoms. The van der Waals surface area contributed by atoms with E-state index in [1.165, 1.54) is 37.6 Å². The lowest BCUT2D eigenvalue weighted by atomic mass is 9.96. The van der Waals surface area contributed by atoms with Crippen molar-refractivity contribution in [1.29, 1.82) is 0 Å². The summed E-state index contributed by atoms with van der Waals surface area (Å²) >= 11 is 0. The first-order valence-electron chi connectivity index (χ1n) is 11.3. The number of methoxy groups -OCH3 is 1. The maximum Gasteiger partial charge on any atom is 0.420 e. The minimum absolute atomic E-state index is 0.0288. The van der Waals surface area contributed by atoms with Crippen molar-refractivity contribution >= 4 is 11.8 Å². The van der Waals surface area contributed by atoms with Gasteiger partial charge in [0.1, 0.15) is 28.4 Å². The number of alkyl halides is 3. The van der Waals surface area contributed by atoms with E-state index in [0.29, 0.717) is 24.2 Å². The molecule has 1 aliphatic heterocycles. The number of amides is 2. The number of benzene rings is 2. The molecule has 3 aromatic rings. The fraction of sp³-hybridized carbons (Fsp3) is 0.269. The van der Waals surface area contributed by atoms with Gasteiger partial charge in [0.15, 0.2) is 0 Å². The van der Waals surface area contributed by atoms with E-state index < -0.39 is 29.1 Å². The Kier molecular flexibility index (Phi) is 7.63. The van der Waals surface area contributed by atoms with Gasteiger partial charge in [-0.15, -0.1) is 0 Å².